The molecule has 0 saturated carbocycles. The molecule has 2 aromatic carbocycles. The molecule has 1 unspecified atom stereocenters. The van der Waals surface area contributed by atoms with Crippen LogP contribution in [0.2, 0.25) is 5.02 Å². The van der Waals surface area contributed by atoms with Gasteiger partial charge in [0.05, 0.1) is 5.69 Å². The fourth-order valence-electron chi connectivity index (χ4n) is 5.14. The van der Waals surface area contributed by atoms with E-state index in [0.717, 1.165) is 16.9 Å². The lowest BCUT2D eigenvalue weighted by Gasteiger charge is -2.44. The maximum atomic E-state index is 13.7. The van der Waals surface area contributed by atoms with Crippen LogP contribution in [0.5, 0.6) is 0 Å². The lowest BCUT2D eigenvalue weighted by atomic mass is 9.68. The summed E-state index contributed by atoms with van der Waals surface area (Å²) in [6.45, 7) is 4.19. The summed E-state index contributed by atoms with van der Waals surface area (Å²) in [5.41, 5.74) is 16.9. The Labute approximate surface area is 203 Å². The molecule has 0 amide bonds. The number of aromatic nitrogens is 1. The molecule has 1 atom stereocenters. The van der Waals surface area contributed by atoms with Gasteiger partial charge in [-0.25, -0.2) is 4.98 Å². The van der Waals surface area contributed by atoms with Crippen molar-refractivity contribution in [2.75, 3.05) is 16.4 Å². The summed E-state index contributed by atoms with van der Waals surface area (Å²) in [7, 11) is 0. The number of pyridine rings is 1. The number of rotatable bonds is 2. The predicted octanol–water partition coefficient (Wildman–Crippen LogP) is 5.70. The molecule has 6 nitrogen and oxygen atoms in total. The third-order valence-corrected chi connectivity index (χ3v) is 6.82. The van der Waals surface area contributed by atoms with Crippen LogP contribution in [0.25, 0.3) is 0 Å². The number of carbonyl (C=O) groups excluding carboxylic acids is 1. The SMILES string of the molecule is CC1(C)CC(=O)C2=C(C1)N(c1ccc(Cl)cc1)c1nc(N)c(C#N)c(N)c1C2c1ccccc1. The molecule has 1 aliphatic carbocycles. The fourth-order valence-corrected chi connectivity index (χ4v) is 5.27. The Balaban J connectivity index is 1.91. The molecule has 170 valence electrons. The number of anilines is 4. The van der Waals surface area contributed by atoms with Gasteiger partial charge in [-0.15, -0.1) is 0 Å². The van der Waals surface area contributed by atoms with Gasteiger partial charge in [0.25, 0.3) is 0 Å². The zero-order chi connectivity index (χ0) is 24.2. The molecule has 0 spiro atoms. The summed E-state index contributed by atoms with van der Waals surface area (Å²) in [6.07, 6.45) is 1.09. The number of nitrogens with zero attached hydrogens (tertiary/aromatic N) is 3. The predicted molar refractivity (Wildman–Crippen MR) is 135 cm³/mol. The molecule has 0 saturated heterocycles. The first-order chi connectivity index (χ1) is 16.2. The van der Waals surface area contributed by atoms with Gasteiger partial charge in [-0.05, 0) is 41.7 Å². The van der Waals surface area contributed by atoms with Crippen LogP contribution in [0.1, 0.15) is 49.3 Å². The van der Waals surface area contributed by atoms with Crippen molar-refractivity contribution in [2.45, 2.75) is 32.6 Å². The van der Waals surface area contributed by atoms with E-state index in [4.69, 9.17) is 23.1 Å². The monoisotopic (exact) mass is 469 g/mol. The van der Waals surface area contributed by atoms with E-state index in [0.29, 0.717) is 34.8 Å². The van der Waals surface area contributed by atoms with Crippen molar-refractivity contribution >= 4 is 40.4 Å². The number of benzene rings is 2. The molecule has 1 aliphatic heterocycles. The van der Waals surface area contributed by atoms with E-state index < -0.39 is 5.92 Å². The second-order valence-corrected chi connectivity index (χ2v) is 10.0. The fraction of sp³-hybridized carbons (Fsp3) is 0.222. The molecule has 1 aromatic heterocycles. The van der Waals surface area contributed by atoms with E-state index in [-0.39, 0.29) is 28.3 Å². The zero-order valence-electron chi connectivity index (χ0n) is 19.0. The van der Waals surface area contributed by atoms with E-state index in [9.17, 15) is 10.1 Å². The summed E-state index contributed by atoms with van der Waals surface area (Å²) in [6, 6.07) is 19.2. The van der Waals surface area contributed by atoms with Crippen molar-refractivity contribution in [2.24, 2.45) is 5.41 Å². The minimum atomic E-state index is -0.446. The van der Waals surface area contributed by atoms with E-state index in [2.05, 4.69) is 24.9 Å². The van der Waals surface area contributed by atoms with Gasteiger partial charge in [-0.2, -0.15) is 5.26 Å². The zero-order valence-corrected chi connectivity index (χ0v) is 19.7. The van der Waals surface area contributed by atoms with Crippen LogP contribution in [0, 0.1) is 16.7 Å². The third kappa shape index (κ3) is 3.41. The van der Waals surface area contributed by atoms with Gasteiger partial charge >= 0.3 is 0 Å². The molecular weight excluding hydrogens is 446 g/mol. The van der Waals surface area contributed by atoms with Gasteiger partial charge in [0, 0.05) is 39.9 Å². The average molecular weight is 470 g/mol. The Morgan fingerprint density at radius 1 is 1.09 bits per heavy atom. The first-order valence-corrected chi connectivity index (χ1v) is 11.5. The Kier molecular flexibility index (Phi) is 5.11. The van der Waals surface area contributed by atoms with Crippen molar-refractivity contribution in [3.63, 3.8) is 0 Å². The van der Waals surface area contributed by atoms with Crippen LogP contribution >= 0.6 is 11.6 Å². The number of hydrogen-bond donors (Lipinski definition) is 2. The van der Waals surface area contributed by atoms with Crippen LogP contribution in [0.15, 0.2) is 65.9 Å². The second-order valence-electron chi connectivity index (χ2n) is 9.59. The van der Waals surface area contributed by atoms with Crippen molar-refractivity contribution in [3.8, 4) is 6.07 Å². The van der Waals surface area contributed by atoms with Crippen LogP contribution in [0.3, 0.4) is 0 Å². The topological polar surface area (TPSA) is 109 Å². The largest absolute Gasteiger partial charge is 0.397 e. The Hall–Kier alpha value is -3.82. The third-order valence-electron chi connectivity index (χ3n) is 6.57. The summed E-state index contributed by atoms with van der Waals surface area (Å²) in [5.74, 6) is 0.224. The van der Waals surface area contributed by atoms with Crippen molar-refractivity contribution < 1.29 is 4.79 Å². The summed E-state index contributed by atoms with van der Waals surface area (Å²) >= 11 is 6.17. The molecule has 7 heteroatoms. The molecule has 0 bridgehead atoms. The highest BCUT2D eigenvalue weighted by Crippen LogP contribution is 2.55. The van der Waals surface area contributed by atoms with Gasteiger partial charge in [0.15, 0.2) is 5.78 Å². The van der Waals surface area contributed by atoms with Crippen molar-refractivity contribution in [3.05, 3.63) is 87.6 Å². The lowest BCUT2D eigenvalue weighted by molar-refractivity contribution is -0.118. The number of hydrogen-bond acceptors (Lipinski definition) is 6. The van der Waals surface area contributed by atoms with E-state index in [1.165, 1.54) is 0 Å². The van der Waals surface area contributed by atoms with Crippen LogP contribution in [0.4, 0.5) is 23.0 Å². The maximum Gasteiger partial charge on any atom is 0.162 e. The molecule has 3 aromatic rings. The first-order valence-electron chi connectivity index (χ1n) is 11.1. The molecule has 2 aliphatic rings. The standard InChI is InChI=1S/C27H24ClN5O/c1-27(2)12-19-22(20(34)13-27)21(15-6-4-3-5-7-15)23-24(30)18(14-29)25(31)32-26(23)33(19)17-10-8-16(28)9-11-17/h3-11,21H,12-13H2,1-2H3,(H4,30,31,32). The van der Waals surface area contributed by atoms with Crippen LogP contribution in [-0.4, -0.2) is 10.8 Å². The summed E-state index contributed by atoms with van der Waals surface area (Å²) < 4.78 is 0. The number of nitrogen functional groups attached to an aromatic ring is 2. The van der Waals surface area contributed by atoms with E-state index in [1.807, 2.05) is 47.4 Å². The van der Waals surface area contributed by atoms with Crippen molar-refractivity contribution in [1.82, 2.24) is 4.98 Å². The number of allylic oxidation sites excluding steroid dienone is 2. The second kappa shape index (κ2) is 7.89. The van der Waals surface area contributed by atoms with E-state index in [1.54, 1.807) is 12.1 Å². The minimum Gasteiger partial charge on any atom is -0.397 e. The lowest BCUT2D eigenvalue weighted by Crippen LogP contribution is -2.38. The highest BCUT2D eigenvalue weighted by molar-refractivity contribution is 6.30. The summed E-state index contributed by atoms with van der Waals surface area (Å²) in [5, 5.41) is 10.4. The van der Waals surface area contributed by atoms with Crippen molar-refractivity contribution in [1.29, 1.82) is 5.26 Å². The highest BCUT2D eigenvalue weighted by atomic mass is 35.5. The maximum absolute atomic E-state index is 13.7. The molecule has 34 heavy (non-hydrogen) atoms. The van der Waals surface area contributed by atoms with Gasteiger partial charge in [-0.1, -0.05) is 55.8 Å². The van der Waals surface area contributed by atoms with Gasteiger partial charge < -0.3 is 11.5 Å². The molecular formula is C27H24ClN5O. The van der Waals surface area contributed by atoms with Gasteiger partial charge in [-0.3, -0.25) is 9.69 Å². The minimum absolute atomic E-state index is 0.0648. The number of Topliss-reactive ketones (excluding diaryl/α,β-unsaturated/α-hetero) is 1. The highest BCUT2D eigenvalue weighted by Gasteiger charge is 2.45. The number of carbonyl (C=O) groups is 1. The number of nitriles is 1. The number of ketones is 1. The molecule has 2 heterocycles. The molecule has 0 fully saturated rings. The first kappa shape index (κ1) is 22.0. The molecule has 4 N–H and O–H groups in total. The van der Waals surface area contributed by atoms with Crippen LogP contribution in [-0.2, 0) is 4.79 Å². The Bertz CT molecular complexity index is 1390. The summed E-state index contributed by atoms with van der Waals surface area (Å²) in [4.78, 5) is 20.4. The Morgan fingerprint density at radius 3 is 2.41 bits per heavy atom. The number of fused-ring (bicyclic) bond motifs is 1. The smallest absolute Gasteiger partial charge is 0.162 e. The molecule has 5 rings (SSSR count). The number of halogens is 1. The normalized spacial score (nSPS) is 18.8. The van der Waals surface area contributed by atoms with Crippen LogP contribution < -0.4 is 16.4 Å². The quantitative estimate of drug-likeness (QED) is 0.498. The number of nitrogens with two attached hydrogens (primary N) is 2. The van der Waals surface area contributed by atoms with Gasteiger partial charge in [0.2, 0.25) is 0 Å². The van der Waals surface area contributed by atoms with Gasteiger partial charge in [0.1, 0.15) is 23.3 Å². The Morgan fingerprint density at radius 2 is 1.76 bits per heavy atom. The average Bonchev–Trinajstić information content (AvgIpc) is 2.79. The van der Waals surface area contributed by atoms with E-state index >= 15 is 0 Å². The molecule has 0 radical (unpaired) electrons.